The van der Waals surface area contributed by atoms with E-state index in [1.165, 1.54) is 0 Å². The predicted octanol–water partition coefficient (Wildman–Crippen LogP) is 1.47. The van der Waals surface area contributed by atoms with E-state index in [1.807, 2.05) is 0 Å². The SMILES string of the molecule is Cn1cc(Cl)c(CNC(=O)N2C[C@@H]3CCC[C@@]3(C(=O)O)C2)n1. The Labute approximate surface area is 133 Å². The van der Waals surface area contributed by atoms with Crippen LogP contribution in [-0.2, 0) is 18.4 Å². The highest BCUT2D eigenvalue weighted by atomic mass is 35.5. The van der Waals surface area contributed by atoms with Crippen LogP contribution in [0, 0.1) is 11.3 Å². The van der Waals surface area contributed by atoms with Crippen LogP contribution in [0.3, 0.4) is 0 Å². The number of hydrogen-bond acceptors (Lipinski definition) is 3. The van der Waals surface area contributed by atoms with Crippen molar-refractivity contribution in [3.63, 3.8) is 0 Å². The second-order valence-corrected chi connectivity index (χ2v) is 6.59. The maximum atomic E-state index is 12.3. The molecule has 1 aliphatic heterocycles. The number of aromatic nitrogens is 2. The summed E-state index contributed by atoms with van der Waals surface area (Å²) >= 11 is 6.00. The second kappa shape index (κ2) is 5.46. The molecule has 120 valence electrons. The summed E-state index contributed by atoms with van der Waals surface area (Å²) in [7, 11) is 1.76. The molecule has 22 heavy (non-hydrogen) atoms. The van der Waals surface area contributed by atoms with Crippen molar-refractivity contribution in [1.29, 1.82) is 0 Å². The molecule has 0 unspecified atom stereocenters. The Kier molecular flexibility index (Phi) is 3.76. The summed E-state index contributed by atoms with van der Waals surface area (Å²) < 4.78 is 1.59. The van der Waals surface area contributed by atoms with E-state index < -0.39 is 11.4 Å². The third-order valence-electron chi connectivity index (χ3n) is 4.85. The number of carbonyl (C=O) groups is 2. The van der Waals surface area contributed by atoms with Crippen LogP contribution >= 0.6 is 11.6 Å². The molecule has 2 aliphatic rings. The highest BCUT2D eigenvalue weighted by Crippen LogP contribution is 2.48. The fourth-order valence-corrected chi connectivity index (χ4v) is 3.94. The number of likely N-dealkylation sites (tertiary alicyclic amines) is 1. The van der Waals surface area contributed by atoms with Crippen molar-refractivity contribution in [2.24, 2.45) is 18.4 Å². The van der Waals surface area contributed by atoms with Gasteiger partial charge in [0.25, 0.3) is 0 Å². The third kappa shape index (κ3) is 2.43. The van der Waals surface area contributed by atoms with Crippen LogP contribution in [0.2, 0.25) is 5.02 Å². The van der Waals surface area contributed by atoms with Crippen LogP contribution < -0.4 is 5.32 Å². The van der Waals surface area contributed by atoms with Crippen molar-refractivity contribution in [3.8, 4) is 0 Å². The number of amides is 2. The minimum Gasteiger partial charge on any atom is -0.481 e. The van der Waals surface area contributed by atoms with Crippen molar-refractivity contribution in [2.45, 2.75) is 25.8 Å². The summed E-state index contributed by atoms with van der Waals surface area (Å²) in [5, 5.41) is 17.0. The zero-order valence-electron chi connectivity index (χ0n) is 12.4. The molecule has 0 bridgehead atoms. The standard InChI is InChI=1S/C14H19ClN4O3/c1-18-7-10(15)11(17-18)5-16-13(22)19-6-9-3-2-4-14(9,8-19)12(20)21/h7,9H,2-6,8H2,1H3,(H,16,22)(H,20,21)/t9-,14+/m0/s1. The van der Waals surface area contributed by atoms with Gasteiger partial charge in [0.15, 0.2) is 0 Å². The van der Waals surface area contributed by atoms with Gasteiger partial charge in [0.05, 0.1) is 17.0 Å². The van der Waals surface area contributed by atoms with Crippen molar-refractivity contribution < 1.29 is 14.7 Å². The molecule has 1 saturated heterocycles. The largest absolute Gasteiger partial charge is 0.481 e. The number of aliphatic carboxylic acids is 1. The first kappa shape index (κ1) is 15.1. The van der Waals surface area contributed by atoms with Gasteiger partial charge >= 0.3 is 12.0 Å². The lowest BCUT2D eigenvalue weighted by atomic mass is 9.81. The van der Waals surface area contributed by atoms with Crippen LogP contribution in [0.15, 0.2) is 6.20 Å². The zero-order chi connectivity index (χ0) is 15.9. The van der Waals surface area contributed by atoms with Gasteiger partial charge in [0.2, 0.25) is 0 Å². The minimum absolute atomic E-state index is 0.0641. The Morgan fingerprint density at radius 2 is 2.36 bits per heavy atom. The molecule has 2 N–H and O–H groups in total. The van der Waals surface area contributed by atoms with Gasteiger partial charge in [0, 0.05) is 26.3 Å². The molecule has 2 amide bonds. The number of carboxylic acid groups (broad SMARTS) is 1. The molecule has 1 aromatic rings. The maximum absolute atomic E-state index is 12.3. The van der Waals surface area contributed by atoms with Crippen LogP contribution in [0.5, 0.6) is 0 Å². The normalized spacial score (nSPS) is 27.0. The average molecular weight is 327 g/mol. The lowest BCUT2D eigenvalue weighted by Crippen LogP contribution is -2.41. The second-order valence-electron chi connectivity index (χ2n) is 6.19. The Morgan fingerprint density at radius 1 is 1.59 bits per heavy atom. The number of hydrogen-bond donors (Lipinski definition) is 2. The number of aryl methyl sites for hydroxylation is 1. The van der Waals surface area contributed by atoms with Gasteiger partial charge in [-0.25, -0.2) is 4.79 Å². The first-order valence-corrected chi connectivity index (χ1v) is 7.74. The lowest BCUT2D eigenvalue weighted by molar-refractivity contribution is -0.149. The number of halogens is 1. The number of nitrogens with one attached hydrogen (secondary N) is 1. The molecule has 8 heteroatoms. The van der Waals surface area contributed by atoms with Crippen LogP contribution in [-0.4, -0.2) is 44.9 Å². The summed E-state index contributed by atoms with van der Waals surface area (Å²) in [5.41, 5.74) is -0.148. The van der Waals surface area contributed by atoms with Crippen molar-refractivity contribution in [3.05, 3.63) is 16.9 Å². The fraction of sp³-hybridized carbons (Fsp3) is 0.643. The molecule has 2 heterocycles. The summed E-state index contributed by atoms with van der Waals surface area (Å²) in [6, 6.07) is -0.253. The molecular weight excluding hydrogens is 308 g/mol. The highest BCUT2D eigenvalue weighted by molar-refractivity contribution is 6.31. The molecule has 1 saturated carbocycles. The molecule has 0 spiro atoms. The van der Waals surface area contributed by atoms with E-state index in [0.29, 0.717) is 23.7 Å². The predicted molar refractivity (Wildman–Crippen MR) is 79.4 cm³/mol. The third-order valence-corrected chi connectivity index (χ3v) is 5.16. The van der Waals surface area contributed by atoms with E-state index in [2.05, 4.69) is 10.4 Å². The minimum atomic E-state index is -0.780. The summed E-state index contributed by atoms with van der Waals surface area (Å²) in [4.78, 5) is 25.5. The Hall–Kier alpha value is -1.76. The Bertz CT molecular complexity index is 617. The molecule has 7 nitrogen and oxygen atoms in total. The first-order valence-electron chi connectivity index (χ1n) is 7.36. The van der Waals surface area contributed by atoms with Gasteiger partial charge < -0.3 is 15.3 Å². The summed E-state index contributed by atoms with van der Waals surface area (Å²) in [6.45, 7) is 1.03. The van der Waals surface area contributed by atoms with Crippen molar-refractivity contribution in [2.75, 3.05) is 13.1 Å². The van der Waals surface area contributed by atoms with Gasteiger partial charge in [-0.2, -0.15) is 5.10 Å². The fourth-order valence-electron chi connectivity index (χ4n) is 3.69. The van der Waals surface area contributed by atoms with Gasteiger partial charge in [-0.15, -0.1) is 0 Å². The topological polar surface area (TPSA) is 87.5 Å². The van der Waals surface area contributed by atoms with E-state index in [9.17, 15) is 14.7 Å². The summed E-state index contributed by atoms with van der Waals surface area (Å²) in [5.74, 6) is -0.716. The molecule has 3 rings (SSSR count). The zero-order valence-corrected chi connectivity index (χ0v) is 13.1. The van der Waals surface area contributed by atoms with Gasteiger partial charge in [-0.1, -0.05) is 18.0 Å². The van der Waals surface area contributed by atoms with E-state index in [4.69, 9.17) is 11.6 Å². The smallest absolute Gasteiger partial charge is 0.317 e. The van der Waals surface area contributed by atoms with Gasteiger partial charge in [-0.05, 0) is 18.8 Å². The van der Waals surface area contributed by atoms with Crippen molar-refractivity contribution >= 4 is 23.6 Å². The Balaban J connectivity index is 1.62. The number of urea groups is 1. The number of nitrogens with zero attached hydrogens (tertiary/aromatic N) is 3. The van der Waals surface area contributed by atoms with E-state index in [0.717, 1.165) is 12.8 Å². The highest BCUT2D eigenvalue weighted by Gasteiger charge is 2.55. The molecule has 1 aliphatic carbocycles. The van der Waals surface area contributed by atoms with E-state index in [1.54, 1.807) is 22.8 Å². The van der Waals surface area contributed by atoms with Gasteiger partial charge in [-0.3, -0.25) is 9.48 Å². The van der Waals surface area contributed by atoms with Gasteiger partial charge in [0.1, 0.15) is 5.69 Å². The lowest BCUT2D eigenvalue weighted by Gasteiger charge is -2.23. The van der Waals surface area contributed by atoms with Crippen LogP contribution in [0.25, 0.3) is 0 Å². The maximum Gasteiger partial charge on any atom is 0.317 e. The van der Waals surface area contributed by atoms with Crippen molar-refractivity contribution in [1.82, 2.24) is 20.0 Å². The number of fused-ring (bicyclic) bond motifs is 1. The number of carboxylic acids is 1. The molecule has 2 fully saturated rings. The molecule has 0 aromatic carbocycles. The number of carbonyl (C=O) groups excluding carboxylic acids is 1. The monoisotopic (exact) mass is 326 g/mol. The molecule has 2 atom stereocenters. The summed E-state index contributed by atoms with van der Waals surface area (Å²) in [6.07, 6.45) is 4.13. The quantitative estimate of drug-likeness (QED) is 0.880. The average Bonchev–Trinajstić information content (AvgIpc) is 3.08. The molecule has 1 aromatic heterocycles. The molecular formula is C14H19ClN4O3. The molecule has 0 radical (unpaired) electrons. The van der Waals surface area contributed by atoms with E-state index >= 15 is 0 Å². The Morgan fingerprint density at radius 3 is 2.95 bits per heavy atom. The number of rotatable bonds is 3. The first-order chi connectivity index (χ1) is 10.4. The van der Waals surface area contributed by atoms with Crippen LogP contribution in [0.4, 0.5) is 4.79 Å². The van der Waals surface area contributed by atoms with Crippen LogP contribution in [0.1, 0.15) is 25.0 Å². The van der Waals surface area contributed by atoms with E-state index in [-0.39, 0.29) is 25.0 Å².